The third kappa shape index (κ3) is 18.6. The molecule has 0 spiro atoms. The SMILES string of the molecule is CC1(c2ccc(-c3ccccc3)cc2)c2ccc(OCCO)cc2Oc2cc(OCCO)ccc21.CC1(c2ccc(-c3ccccc3)cc2)c2ccc(OCCOc3ccc(O)cc3)cc2Oc2cc(OCCOc3ccc(O)cc3)ccc21.CC1(c2ccc(-c3ccccc3)cc2)c2ccc(Oc3ccc(O)cc3)cc2Oc2cc(Oc3ccc(O)cc3)ccc21. The zero-order valence-corrected chi connectivity index (χ0v) is 70.0. The molecule has 0 unspecified atom stereocenters. The summed E-state index contributed by atoms with van der Waals surface area (Å²) < 4.78 is 66.6. The smallest absolute Gasteiger partial charge is 0.135 e. The lowest BCUT2D eigenvalue weighted by Crippen LogP contribution is -2.29. The van der Waals surface area contributed by atoms with E-state index in [2.05, 4.69) is 154 Å². The van der Waals surface area contributed by atoms with Crippen molar-refractivity contribution < 1.29 is 82.7 Å². The third-order valence-corrected chi connectivity index (χ3v) is 23.1. The Labute approximate surface area is 736 Å². The van der Waals surface area contributed by atoms with Gasteiger partial charge in [0.25, 0.3) is 0 Å². The van der Waals surface area contributed by atoms with Gasteiger partial charge >= 0.3 is 0 Å². The Morgan fingerprint density at radius 2 is 0.402 bits per heavy atom. The topological polar surface area (TPSA) is 223 Å². The summed E-state index contributed by atoms with van der Waals surface area (Å²) in [5, 5.41) is 56.6. The minimum Gasteiger partial charge on any atom is -0.508 e. The molecule has 0 saturated heterocycles. The summed E-state index contributed by atoms with van der Waals surface area (Å²) in [6, 6.07) is 119. The summed E-state index contributed by atoms with van der Waals surface area (Å²) in [6.45, 7) is 8.30. The van der Waals surface area contributed by atoms with Gasteiger partial charge in [0.2, 0.25) is 0 Å². The van der Waals surface area contributed by atoms with Gasteiger partial charge in [-0.2, -0.15) is 0 Å². The van der Waals surface area contributed by atoms with Crippen LogP contribution in [-0.2, 0) is 16.2 Å². The van der Waals surface area contributed by atoms with E-state index in [1.807, 2.05) is 140 Å². The molecule has 3 heterocycles. The molecule has 634 valence electrons. The van der Waals surface area contributed by atoms with Crippen LogP contribution in [0.25, 0.3) is 33.4 Å². The van der Waals surface area contributed by atoms with Gasteiger partial charge in [0.1, 0.15) is 155 Å². The summed E-state index contributed by atoms with van der Waals surface area (Å²) in [5.41, 5.74) is 14.9. The molecule has 17 heteroatoms. The number of phenols is 4. The van der Waals surface area contributed by atoms with E-state index in [-0.39, 0.29) is 49.4 Å². The molecule has 6 N–H and O–H groups in total. The van der Waals surface area contributed by atoms with Gasteiger partial charge in [-0.25, -0.2) is 0 Å². The lowest BCUT2D eigenvalue weighted by molar-refractivity contribution is 0.200. The molecule has 0 fully saturated rings. The monoisotopic (exact) mass is 1680 g/mol. The fourth-order valence-electron chi connectivity index (χ4n) is 16.4. The molecule has 17 nitrogen and oxygen atoms in total. The Morgan fingerprint density at radius 1 is 0.205 bits per heavy atom. The number of benzene rings is 16. The van der Waals surface area contributed by atoms with Crippen LogP contribution in [-0.4, -0.2) is 83.5 Å². The maximum atomic E-state index is 9.65. The fourth-order valence-corrected chi connectivity index (χ4v) is 16.4. The average Bonchev–Trinajstić information content (AvgIpc) is 0.733. The first-order valence-electron chi connectivity index (χ1n) is 41.9. The first kappa shape index (κ1) is 83.7. The van der Waals surface area contributed by atoms with Crippen molar-refractivity contribution in [3.8, 4) is 148 Å². The molecule has 16 aromatic rings. The van der Waals surface area contributed by atoms with Crippen molar-refractivity contribution >= 4 is 0 Å². The molecule has 16 aromatic carbocycles. The molecule has 0 saturated carbocycles. The predicted molar refractivity (Wildman–Crippen MR) is 491 cm³/mol. The minimum atomic E-state index is -0.535. The van der Waals surface area contributed by atoms with Gasteiger partial charge in [-0.3, -0.25) is 0 Å². The standard InChI is InChI=1S/C42H36O7.C38H28O5.C30H28O5/c1-42(31-9-7-30(8-10-31)29-5-3-2-4-6-29)38-21-19-36(47-25-23-45-34-15-11-32(43)12-16-34)27-40(38)49-41-28-37(20-22-39(41)42)48-26-24-46-35-17-13-33(44)14-18-35;1-38(27-9-7-26(8-10-27)25-5-3-2-4-6-25)34-21-19-32(41-30-15-11-28(39)12-16-30)23-36(34)43-37-24-33(20-22-35(37)38)42-31-17-13-29(40)14-18-31;1-30(23-9-7-22(8-10-23)21-5-3-2-4-6-21)26-13-11-24(33-17-15-31)19-28(26)35-29-20-25(34-18-16-32)12-14-27(29)30/h2-22,27-28,43-44H,23-26H2,1H3;2-24,39-40H,1H3;2-14,19-20,31-32H,15-18H2,1H3. The van der Waals surface area contributed by atoms with Gasteiger partial charge in [-0.15, -0.1) is 0 Å². The highest BCUT2D eigenvalue weighted by Crippen LogP contribution is 2.57. The number of fused-ring (bicyclic) bond motifs is 6. The van der Waals surface area contributed by atoms with Gasteiger partial charge < -0.3 is 82.7 Å². The number of rotatable bonds is 26. The third-order valence-electron chi connectivity index (χ3n) is 23.1. The highest BCUT2D eigenvalue weighted by Gasteiger charge is 2.44. The normalized spacial score (nSPS) is 12.9. The number of aliphatic hydroxyl groups is 2. The van der Waals surface area contributed by atoms with E-state index in [9.17, 15) is 20.4 Å². The largest absolute Gasteiger partial charge is 0.508 e. The maximum absolute atomic E-state index is 9.65. The lowest BCUT2D eigenvalue weighted by Gasteiger charge is -2.38. The van der Waals surface area contributed by atoms with Crippen LogP contribution >= 0.6 is 0 Å². The molecule has 0 bridgehead atoms. The van der Waals surface area contributed by atoms with E-state index in [4.69, 9.17) is 62.3 Å². The Hall–Kier alpha value is -15.6. The van der Waals surface area contributed by atoms with E-state index in [0.717, 1.165) is 66.8 Å². The van der Waals surface area contributed by atoms with Crippen LogP contribution in [0.1, 0.15) is 70.8 Å². The quantitative estimate of drug-likeness (QED) is 0.0277. The Bertz CT molecular complexity index is 6180. The van der Waals surface area contributed by atoms with Crippen molar-refractivity contribution in [2.24, 2.45) is 0 Å². The van der Waals surface area contributed by atoms with Crippen LogP contribution in [0, 0.1) is 0 Å². The molecular weight excluding hydrogens is 1590 g/mol. The second-order valence-corrected chi connectivity index (χ2v) is 31.2. The molecule has 127 heavy (non-hydrogen) atoms. The zero-order valence-electron chi connectivity index (χ0n) is 70.0. The van der Waals surface area contributed by atoms with Crippen molar-refractivity contribution in [2.75, 3.05) is 52.9 Å². The molecule has 0 atom stereocenters. The van der Waals surface area contributed by atoms with E-state index >= 15 is 0 Å². The second-order valence-electron chi connectivity index (χ2n) is 31.2. The van der Waals surface area contributed by atoms with Crippen LogP contribution in [0.2, 0.25) is 0 Å². The van der Waals surface area contributed by atoms with E-state index in [0.29, 0.717) is 118 Å². The van der Waals surface area contributed by atoms with E-state index in [1.165, 1.54) is 16.7 Å². The Morgan fingerprint density at radius 3 is 0.646 bits per heavy atom. The van der Waals surface area contributed by atoms with E-state index in [1.54, 1.807) is 97.1 Å². The molecule has 0 amide bonds. The number of ether oxygens (including phenoxy) is 11. The second kappa shape index (κ2) is 37.6. The number of hydrogen-bond acceptors (Lipinski definition) is 17. The molecule has 19 rings (SSSR count). The van der Waals surface area contributed by atoms with Crippen LogP contribution < -0.4 is 52.1 Å². The van der Waals surface area contributed by atoms with Crippen molar-refractivity contribution in [1.82, 2.24) is 0 Å². The summed E-state index contributed by atoms with van der Waals surface area (Å²) in [4.78, 5) is 0. The van der Waals surface area contributed by atoms with Crippen LogP contribution in [0.5, 0.6) is 115 Å². The first-order chi connectivity index (χ1) is 62.0. The van der Waals surface area contributed by atoms with Crippen molar-refractivity contribution in [2.45, 2.75) is 37.0 Å². The summed E-state index contributed by atoms with van der Waals surface area (Å²) in [7, 11) is 0. The summed E-state index contributed by atoms with van der Waals surface area (Å²) in [6.07, 6.45) is 0. The molecule has 0 radical (unpaired) electrons. The van der Waals surface area contributed by atoms with Gasteiger partial charge in [-0.1, -0.05) is 200 Å². The highest BCUT2D eigenvalue weighted by atomic mass is 16.5. The Balaban J connectivity index is 0.000000136. The zero-order chi connectivity index (χ0) is 87.3. The molecule has 3 aliphatic rings. The number of phenolic OH excluding ortho intramolecular Hbond substituents is 4. The van der Waals surface area contributed by atoms with Crippen LogP contribution in [0.15, 0.2) is 370 Å². The number of aliphatic hydroxyl groups excluding tert-OH is 2. The number of hydrogen-bond donors (Lipinski definition) is 6. The Kier molecular flexibility index (Phi) is 24.8. The van der Waals surface area contributed by atoms with Crippen molar-refractivity contribution in [3.05, 3.63) is 420 Å². The lowest BCUT2D eigenvalue weighted by atomic mass is 9.69. The van der Waals surface area contributed by atoms with Crippen LogP contribution in [0.3, 0.4) is 0 Å². The van der Waals surface area contributed by atoms with Crippen molar-refractivity contribution in [1.29, 1.82) is 0 Å². The van der Waals surface area contributed by atoms with Crippen LogP contribution in [0.4, 0.5) is 0 Å². The minimum absolute atomic E-state index is 0.0577. The average molecular weight is 1690 g/mol. The molecule has 0 aromatic heterocycles. The van der Waals surface area contributed by atoms with Gasteiger partial charge in [0, 0.05) is 86.0 Å². The number of aromatic hydroxyl groups is 4. The summed E-state index contributed by atoms with van der Waals surface area (Å²) >= 11 is 0. The van der Waals surface area contributed by atoms with Gasteiger partial charge in [-0.05, 0) is 204 Å². The highest BCUT2D eigenvalue weighted by molar-refractivity contribution is 5.73. The predicted octanol–water partition coefficient (Wildman–Crippen LogP) is 24.5. The van der Waals surface area contributed by atoms with E-state index < -0.39 is 16.2 Å². The molecular formula is C110H92O17. The first-order valence-corrected chi connectivity index (χ1v) is 41.9. The van der Waals surface area contributed by atoms with Crippen molar-refractivity contribution in [3.63, 3.8) is 0 Å². The fraction of sp³-hybridized carbons (Fsp3) is 0.127. The molecule has 3 aliphatic heterocycles. The maximum Gasteiger partial charge on any atom is 0.135 e. The van der Waals surface area contributed by atoms with Gasteiger partial charge in [0.15, 0.2) is 0 Å². The molecule has 0 aliphatic carbocycles. The van der Waals surface area contributed by atoms with Gasteiger partial charge in [0.05, 0.1) is 13.2 Å². The summed E-state index contributed by atoms with van der Waals surface area (Å²) in [5.74, 6) is 11.3.